The van der Waals surface area contributed by atoms with Gasteiger partial charge in [0, 0.05) is 5.69 Å². The fraction of sp³-hybridized carbons (Fsp3) is 0.286. The Balaban J connectivity index is 1.46. The molecule has 0 aliphatic rings. The first-order chi connectivity index (χ1) is 13.6. The van der Waals surface area contributed by atoms with Crippen LogP contribution >= 0.6 is 11.8 Å². The first kappa shape index (κ1) is 19.9. The molecule has 28 heavy (non-hydrogen) atoms. The smallest absolute Gasteiger partial charge is 0.230 e. The average Bonchev–Trinajstić information content (AvgIpc) is 3.19. The molecule has 1 N–H and O–H groups in total. The Hall–Kier alpha value is -2.80. The van der Waals surface area contributed by atoms with Gasteiger partial charge in [-0.15, -0.1) is 10.2 Å². The summed E-state index contributed by atoms with van der Waals surface area (Å²) >= 11 is 1.36. The van der Waals surface area contributed by atoms with E-state index in [0.717, 1.165) is 11.4 Å². The normalized spacial score (nSPS) is 10.8. The fourth-order valence-electron chi connectivity index (χ4n) is 2.58. The summed E-state index contributed by atoms with van der Waals surface area (Å²) in [6.45, 7) is 5.22. The largest absolute Gasteiger partial charge is 0.492 e. The molecule has 0 aliphatic heterocycles. The Morgan fingerprint density at radius 2 is 1.89 bits per heavy atom. The topological polar surface area (TPSA) is 69.0 Å². The number of benzene rings is 2. The maximum absolute atomic E-state index is 12.1. The van der Waals surface area contributed by atoms with Crippen molar-refractivity contribution in [1.82, 2.24) is 20.1 Å². The zero-order chi connectivity index (χ0) is 19.8. The van der Waals surface area contributed by atoms with Crippen molar-refractivity contribution < 1.29 is 9.53 Å². The minimum atomic E-state index is -0.0635. The summed E-state index contributed by atoms with van der Waals surface area (Å²) < 4.78 is 7.45. The van der Waals surface area contributed by atoms with Crippen molar-refractivity contribution in [3.05, 3.63) is 66.5 Å². The van der Waals surface area contributed by atoms with Crippen LogP contribution in [0.2, 0.25) is 0 Å². The van der Waals surface area contributed by atoms with Crippen LogP contribution in [0.4, 0.5) is 0 Å². The number of hydrogen-bond acceptors (Lipinski definition) is 5. The van der Waals surface area contributed by atoms with Crippen LogP contribution in [0.5, 0.6) is 5.75 Å². The molecule has 146 valence electrons. The van der Waals surface area contributed by atoms with Crippen LogP contribution in [-0.2, 0) is 4.79 Å². The quantitative estimate of drug-likeness (QED) is 0.441. The number of nitrogens with zero attached hydrogens (tertiary/aromatic N) is 3. The van der Waals surface area contributed by atoms with Gasteiger partial charge in [-0.3, -0.25) is 9.36 Å². The molecule has 1 amide bonds. The zero-order valence-electron chi connectivity index (χ0n) is 16.0. The molecule has 3 aromatic rings. The van der Waals surface area contributed by atoms with E-state index in [-0.39, 0.29) is 11.7 Å². The highest BCUT2D eigenvalue weighted by atomic mass is 32.2. The molecule has 2 aromatic carbocycles. The third-order valence-electron chi connectivity index (χ3n) is 4.12. The first-order valence-corrected chi connectivity index (χ1v) is 10.2. The second-order valence-corrected chi connectivity index (χ2v) is 7.47. The molecular weight excluding hydrogens is 372 g/mol. The van der Waals surface area contributed by atoms with Crippen LogP contribution in [0.3, 0.4) is 0 Å². The number of thioether (sulfide) groups is 1. The molecule has 0 saturated carbocycles. The van der Waals surface area contributed by atoms with Gasteiger partial charge in [-0.1, -0.05) is 55.9 Å². The van der Waals surface area contributed by atoms with Crippen molar-refractivity contribution in [1.29, 1.82) is 0 Å². The van der Waals surface area contributed by atoms with E-state index < -0.39 is 0 Å². The second kappa shape index (κ2) is 9.94. The van der Waals surface area contributed by atoms with Gasteiger partial charge in [-0.2, -0.15) is 0 Å². The summed E-state index contributed by atoms with van der Waals surface area (Å²) in [4.78, 5) is 12.1. The molecular formula is C21H24N4O2S. The number of nitrogens with one attached hydrogen (secondary N) is 1. The lowest BCUT2D eigenvalue weighted by molar-refractivity contribution is -0.118. The van der Waals surface area contributed by atoms with E-state index in [1.807, 2.05) is 47.0 Å². The number of carbonyl (C=O) groups excluding carboxylic acids is 1. The monoisotopic (exact) mass is 396 g/mol. The maximum atomic E-state index is 12.1. The van der Waals surface area contributed by atoms with Gasteiger partial charge in [0.15, 0.2) is 5.16 Å². The number of carbonyl (C=O) groups is 1. The van der Waals surface area contributed by atoms with Gasteiger partial charge in [0.05, 0.1) is 12.3 Å². The number of ether oxygens (including phenoxy) is 1. The van der Waals surface area contributed by atoms with E-state index in [2.05, 4.69) is 41.5 Å². The molecule has 6 nitrogen and oxygen atoms in total. The molecule has 0 atom stereocenters. The van der Waals surface area contributed by atoms with Crippen LogP contribution in [-0.4, -0.2) is 39.6 Å². The Morgan fingerprint density at radius 1 is 1.14 bits per heavy atom. The molecule has 0 aliphatic carbocycles. The molecule has 0 fully saturated rings. The first-order valence-electron chi connectivity index (χ1n) is 9.21. The van der Waals surface area contributed by atoms with Gasteiger partial charge in [-0.25, -0.2) is 0 Å². The SMILES string of the molecule is CC(C)c1ccc(-n2cnnc2SCC(=O)NCCOc2ccccc2)cc1. The molecule has 0 unspecified atom stereocenters. The minimum absolute atomic E-state index is 0.0635. The fourth-order valence-corrected chi connectivity index (χ4v) is 3.34. The lowest BCUT2D eigenvalue weighted by Crippen LogP contribution is -2.29. The lowest BCUT2D eigenvalue weighted by atomic mass is 10.0. The number of aromatic nitrogens is 3. The number of rotatable bonds is 9. The number of para-hydroxylation sites is 1. The number of hydrogen-bond donors (Lipinski definition) is 1. The molecule has 0 bridgehead atoms. The summed E-state index contributed by atoms with van der Waals surface area (Å²) in [6, 6.07) is 17.8. The van der Waals surface area contributed by atoms with Gasteiger partial charge < -0.3 is 10.1 Å². The maximum Gasteiger partial charge on any atom is 0.230 e. The highest BCUT2D eigenvalue weighted by Crippen LogP contribution is 2.21. The Bertz CT molecular complexity index is 879. The lowest BCUT2D eigenvalue weighted by Gasteiger charge is -2.10. The third-order valence-corrected chi connectivity index (χ3v) is 5.07. The number of amides is 1. The highest BCUT2D eigenvalue weighted by molar-refractivity contribution is 7.99. The van der Waals surface area contributed by atoms with Crippen molar-refractivity contribution in [2.45, 2.75) is 24.9 Å². The van der Waals surface area contributed by atoms with Crippen LogP contribution in [0, 0.1) is 0 Å². The van der Waals surface area contributed by atoms with Crippen LogP contribution in [0.15, 0.2) is 66.1 Å². The second-order valence-electron chi connectivity index (χ2n) is 6.53. The minimum Gasteiger partial charge on any atom is -0.492 e. The summed E-state index contributed by atoms with van der Waals surface area (Å²) in [5.74, 6) is 1.49. The van der Waals surface area contributed by atoms with E-state index in [1.165, 1.54) is 17.3 Å². The molecule has 7 heteroatoms. The van der Waals surface area contributed by atoms with E-state index >= 15 is 0 Å². The van der Waals surface area contributed by atoms with Crippen molar-refractivity contribution in [2.24, 2.45) is 0 Å². The molecule has 3 rings (SSSR count). The van der Waals surface area contributed by atoms with Gasteiger partial charge in [0.25, 0.3) is 0 Å². The van der Waals surface area contributed by atoms with Crippen LogP contribution < -0.4 is 10.1 Å². The summed E-state index contributed by atoms with van der Waals surface area (Å²) in [6.07, 6.45) is 1.66. The predicted octanol–water partition coefficient (Wildman–Crippen LogP) is 3.68. The molecule has 0 spiro atoms. The molecule has 0 radical (unpaired) electrons. The van der Waals surface area contributed by atoms with E-state index in [1.54, 1.807) is 6.33 Å². The Morgan fingerprint density at radius 3 is 2.61 bits per heavy atom. The van der Waals surface area contributed by atoms with Crippen LogP contribution in [0.1, 0.15) is 25.3 Å². The van der Waals surface area contributed by atoms with Crippen molar-refractivity contribution >= 4 is 17.7 Å². The standard InChI is InChI=1S/C21H24N4O2S/c1-16(2)17-8-10-18(11-9-17)25-15-23-24-21(25)28-14-20(26)22-12-13-27-19-6-4-3-5-7-19/h3-11,15-16H,12-14H2,1-2H3,(H,22,26). The zero-order valence-corrected chi connectivity index (χ0v) is 16.9. The van der Waals surface area contributed by atoms with E-state index in [0.29, 0.717) is 24.2 Å². The van der Waals surface area contributed by atoms with E-state index in [4.69, 9.17) is 4.74 Å². The van der Waals surface area contributed by atoms with Crippen molar-refractivity contribution in [3.63, 3.8) is 0 Å². The van der Waals surface area contributed by atoms with Crippen molar-refractivity contribution in [3.8, 4) is 11.4 Å². The van der Waals surface area contributed by atoms with Gasteiger partial charge in [0.1, 0.15) is 18.7 Å². The van der Waals surface area contributed by atoms with E-state index in [9.17, 15) is 4.79 Å². The summed E-state index contributed by atoms with van der Waals surface area (Å²) in [5, 5.41) is 11.7. The molecule has 1 heterocycles. The van der Waals surface area contributed by atoms with Gasteiger partial charge in [-0.05, 0) is 35.7 Å². The predicted molar refractivity (Wildman–Crippen MR) is 111 cm³/mol. The molecule has 1 aromatic heterocycles. The van der Waals surface area contributed by atoms with Gasteiger partial charge in [0.2, 0.25) is 5.91 Å². The average molecular weight is 397 g/mol. The molecule has 0 saturated heterocycles. The summed E-state index contributed by atoms with van der Waals surface area (Å²) in [7, 11) is 0. The van der Waals surface area contributed by atoms with Crippen LogP contribution in [0.25, 0.3) is 5.69 Å². The summed E-state index contributed by atoms with van der Waals surface area (Å²) in [5.41, 5.74) is 2.26. The Kier molecular flexibility index (Phi) is 7.08. The van der Waals surface area contributed by atoms with Gasteiger partial charge >= 0.3 is 0 Å². The highest BCUT2D eigenvalue weighted by Gasteiger charge is 2.10. The van der Waals surface area contributed by atoms with Crippen molar-refractivity contribution in [2.75, 3.05) is 18.9 Å². The Labute approximate surface area is 169 Å². The third kappa shape index (κ3) is 5.60.